The maximum Gasteiger partial charge on any atom is 0.123 e. The summed E-state index contributed by atoms with van der Waals surface area (Å²) in [4.78, 5) is 0. The molecule has 0 aliphatic rings. The van der Waals surface area contributed by atoms with Gasteiger partial charge in [-0.15, -0.1) is 11.6 Å². The van der Waals surface area contributed by atoms with Crippen LogP contribution in [0, 0.1) is 0 Å². The third-order valence-corrected chi connectivity index (χ3v) is 1.32. The molecule has 11 heavy (non-hydrogen) atoms. The molecular weight excluding hydrogens is 164 g/mol. The Hall–Kier alpha value is -0.890. The van der Waals surface area contributed by atoms with Gasteiger partial charge in [0, 0.05) is 6.07 Å². The van der Waals surface area contributed by atoms with E-state index < -0.39 is 0 Å². The average Bonchev–Trinajstić information content (AvgIpc) is 2.01. The molecule has 1 N–H and O–H groups in total. The van der Waals surface area contributed by atoms with Crippen molar-refractivity contribution in [2.24, 2.45) is 0 Å². The second-order valence-corrected chi connectivity index (χ2v) is 2.41. The molecule has 0 bridgehead atoms. The molecule has 0 saturated heterocycles. The van der Waals surface area contributed by atoms with Gasteiger partial charge in [0.15, 0.2) is 0 Å². The summed E-state index contributed by atoms with van der Waals surface area (Å²) in [5.74, 6) is 1.30. The molecule has 0 unspecified atom stereocenters. The molecule has 0 fully saturated rings. The summed E-state index contributed by atoms with van der Waals surface area (Å²) in [6, 6.07) is 6.63. The van der Waals surface area contributed by atoms with Crippen molar-refractivity contribution in [3.8, 4) is 11.5 Å². The molecule has 0 heterocycles. The highest BCUT2D eigenvalue weighted by atomic mass is 35.5. The number of hydrogen-bond donors (Lipinski definition) is 1. The fourth-order valence-corrected chi connectivity index (χ4v) is 0.807. The van der Waals surface area contributed by atoms with E-state index in [-0.39, 0.29) is 5.75 Å². The van der Waals surface area contributed by atoms with Crippen LogP contribution in [0.5, 0.6) is 11.5 Å². The van der Waals surface area contributed by atoms with Crippen molar-refractivity contribution < 1.29 is 9.84 Å². The Morgan fingerprint density at radius 1 is 1.45 bits per heavy atom. The maximum absolute atomic E-state index is 9.00. The predicted molar refractivity (Wildman–Crippen MR) is 44.3 cm³/mol. The summed E-state index contributed by atoms with van der Waals surface area (Å²) in [5, 5.41) is 9.00. The minimum atomic E-state index is 0.206. The molecule has 0 amide bonds. The quantitative estimate of drug-likeness (QED) is 0.707. The molecule has 0 spiro atoms. The number of phenolic OH excluding ortho intramolecular Hbond substituents is 1. The van der Waals surface area contributed by atoms with E-state index in [1.807, 2.05) is 0 Å². The molecule has 0 aromatic heterocycles. The van der Waals surface area contributed by atoms with Crippen LogP contribution in [0.1, 0.15) is 0 Å². The lowest BCUT2D eigenvalue weighted by molar-refractivity contribution is 0.340. The molecule has 3 heteroatoms. The summed E-state index contributed by atoms with van der Waals surface area (Å²) < 4.78 is 5.14. The first-order valence-corrected chi connectivity index (χ1v) is 3.84. The van der Waals surface area contributed by atoms with Crippen LogP contribution in [-0.4, -0.2) is 17.6 Å². The topological polar surface area (TPSA) is 29.5 Å². The van der Waals surface area contributed by atoms with Gasteiger partial charge in [-0.3, -0.25) is 0 Å². The van der Waals surface area contributed by atoms with Crippen LogP contribution in [0.15, 0.2) is 24.3 Å². The van der Waals surface area contributed by atoms with E-state index in [1.54, 1.807) is 24.3 Å². The van der Waals surface area contributed by atoms with Crippen molar-refractivity contribution in [2.75, 3.05) is 12.5 Å². The number of aromatic hydroxyl groups is 1. The van der Waals surface area contributed by atoms with E-state index in [1.165, 1.54) is 0 Å². The Kier molecular flexibility index (Phi) is 3.05. The molecular formula is C8H9ClO2. The molecule has 0 radical (unpaired) electrons. The van der Waals surface area contributed by atoms with Crippen molar-refractivity contribution in [2.45, 2.75) is 0 Å². The minimum Gasteiger partial charge on any atom is -0.508 e. The van der Waals surface area contributed by atoms with E-state index in [0.29, 0.717) is 18.2 Å². The van der Waals surface area contributed by atoms with Crippen molar-refractivity contribution in [3.63, 3.8) is 0 Å². The molecule has 1 rings (SSSR count). The van der Waals surface area contributed by atoms with Crippen LogP contribution in [0.3, 0.4) is 0 Å². The fourth-order valence-electron chi connectivity index (χ4n) is 0.730. The van der Waals surface area contributed by atoms with E-state index in [2.05, 4.69) is 0 Å². The first-order valence-electron chi connectivity index (χ1n) is 3.31. The van der Waals surface area contributed by atoms with E-state index in [0.717, 1.165) is 0 Å². The van der Waals surface area contributed by atoms with Crippen LogP contribution in [0.25, 0.3) is 0 Å². The van der Waals surface area contributed by atoms with Crippen LogP contribution in [0.4, 0.5) is 0 Å². The van der Waals surface area contributed by atoms with Gasteiger partial charge in [-0.1, -0.05) is 6.07 Å². The molecule has 60 valence electrons. The molecule has 1 aromatic rings. The highest BCUT2D eigenvalue weighted by Gasteiger charge is 1.92. The van der Waals surface area contributed by atoms with Gasteiger partial charge in [-0.2, -0.15) is 0 Å². The van der Waals surface area contributed by atoms with Gasteiger partial charge in [-0.25, -0.2) is 0 Å². The summed E-state index contributed by atoms with van der Waals surface area (Å²) in [6.45, 7) is 0.463. The van der Waals surface area contributed by atoms with Gasteiger partial charge in [-0.05, 0) is 12.1 Å². The molecule has 0 aliphatic carbocycles. The van der Waals surface area contributed by atoms with Crippen molar-refractivity contribution in [3.05, 3.63) is 24.3 Å². The number of alkyl halides is 1. The minimum absolute atomic E-state index is 0.206. The second-order valence-electron chi connectivity index (χ2n) is 2.03. The van der Waals surface area contributed by atoms with Crippen LogP contribution in [0.2, 0.25) is 0 Å². The molecule has 0 aliphatic heterocycles. The Bertz CT molecular complexity index is 225. The lowest BCUT2D eigenvalue weighted by Gasteiger charge is -2.02. The summed E-state index contributed by atoms with van der Waals surface area (Å²) >= 11 is 5.40. The lowest BCUT2D eigenvalue weighted by atomic mass is 10.3. The third-order valence-electron chi connectivity index (χ3n) is 1.16. The van der Waals surface area contributed by atoms with Crippen molar-refractivity contribution >= 4 is 11.6 Å². The van der Waals surface area contributed by atoms with Crippen LogP contribution < -0.4 is 4.74 Å². The van der Waals surface area contributed by atoms with E-state index in [4.69, 9.17) is 21.4 Å². The highest BCUT2D eigenvalue weighted by Crippen LogP contribution is 2.17. The maximum atomic E-state index is 9.00. The predicted octanol–water partition coefficient (Wildman–Crippen LogP) is 2.01. The van der Waals surface area contributed by atoms with Gasteiger partial charge in [0.05, 0.1) is 5.88 Å². The van der Waals surface area contributed by atoms with Gasteiger partial charge >= 0.3 is 0 Å². The van der Waals surface area contributed by atoms with Gasteiger partial charge < -0.3 is 9.84 Å². The van der Waals surface area contributed by atoms with E-state index in [9.17, 15) is 0 Å². The Labute approximate surface area is 70.4 Å². The normalized spacial score (nSPS) is 9.55. The van der Waals surface area contributed by atoms with E-state index >= 15 is 0 Å². The van der Waals surface area contributed by atoms with Crippen LogP contribution >= 0.6 is 11.6 Å². The van der Waals surface area contributed by atoms with Gasteiger partial charge in [0.25, 0.3) is 0 Å². The first-order chi connectivity index (χ1) is 5.33. The Balaban J connectivity index is 2.56. The Morgan fingerprint density at radius 3 is 2.91 bits per heavy atom. The average molecular weight is 173 g/mol. The summed E-state index contributed by atoms with van der Waals surface area (Å²) in [6.07, 6.45) is 0. The largest absolute Gasteiger partial charge is 0.508 e. The first kappa shape index (κ1) is 8.21. The van der Waals surface area contributed by atoms with Crippen molar-refractivity contribution in [1.82, 2.24) is 0 Å². The number of phenols is 1. The number of halogens is 1. The third kappa shape index (κ3) is 2.68. The number of benzene rings is 1. The smallest absolute Gasteiger partial charge is 0.123 e. The molecule has 0 saturated carbocycles. The second kappa shape index (κ2) is 4.09. The zero-order chi connectivity index (χ0) is 8.10. The SMILES string of the molecule is Oc1cccc(OCCCl)c1. The highest BCUT2D eigenvalue weighted by molar-refractivity contribution is 6.17. The zero-order valence-corrected chi connectivity index (χ0v) is 6.71. The van der Waals surface area contributed by atoms with Crippen molar-refractivity contribution in [1.29, 1.82) is 0 Å². The number of hydrogen-bond acceptors (Lipinski definition) is 2. The van der Waals surface area contributed by atoms with Gasteiger partial charge in [0.1, 0.15) is 18.1 Å². The summed E-state index contributed by atoms with van der Waals surface area (Å²) in [5.41, 5.74) is 0. The molecule has 1 aromatic carbocycles. The van der Waals surface area contributed by atoms with Gasteiger partial charge in [0.2, 0.25) is 0 Å². The van der Waals surface area contributed by atoms with Crippen LogP contribution in [-0.2, 0) is 0 Å². The molecule has 2 nitrogen and oxygen atoms in total. The Morgan fingerprint density at radius 2 is 2.27 bits per heavy atom. The standard InChI is InChI=1S/C8H9ClO2/c9-4-5-11-8-3-1-2-7(10)6-8/h1-3,6,10H,4-5H2. The lowest BCUT2D eigenvalue weighted by Crippen LogP contribution is -1.97. The molecule has 0 atom stereocenters. The number of rotatable bonds is 3. The monoisotopic (exact) mass is 172 g/mol. The number of ether oxygens (including phenoxy) is 1. The summed E-state index contributed by atoms with van der Waals surface area (Å²) in [7, 11) is 0. The zero-order valence-electron chi connectivity index (χ0n) is 5.96. The fraction of sp³-hybridized carbons (Fsp3) is 0.250.